The number of likely N-dealkylation sites (tertiary alicyclic amines) is 1. The summed E-state index contributed by atoms with van der Waals surface area (Å²) in [6, 6.07) is 6.10. The van der Waals surface area contributed by atoms with Crippen LogP contribution in [0, 0.1) is 6.92 Å². The van der Waals surface area contributed by atoms with E-state index in [4.69, 9.17) is 4.74 Å². The fourth-order valence-corrected chi connectivity index (χ4v) is 4.37. The van der Waals surface area contributed by atoms with Gasteiger partial charge in [-0.25, -0.2) is 4.98 Å². The number of amides is 1. The van der Waals surface area contributed by atoms with E-state index < -0.39 is 0 Å². The van der Waals surface area contributed by atoms with E-state index in [2.05, 4.69) is 10.4 Å². The van der Waals surface area contributed by atoms with Crippen LogP contribution in [0.25, 0.3) is 0 Å². The van der Waals surface area contributed by atoms with Crippen molar-refractivity contribution < 1.29 is 9.53 Å². The van der Waals surface area contributed by atoms with Crippen molar-refractivity contribution in [1.82, 2.24) is 9.88 Å². The zero-order chi connectivity index (χ0) is 15.8. The van der Waals surface area contributed by atoms with Crippen molar-refractivity contribution in [3.63, 3.8) is 0 Å². The number of carbonyl (C=O) groups excluding carboxylic acids is 1. The molecule has 0 N–H and O–H groups in total. The van der Waals surface area contributed by atoms with E-state index >= 15 is 0 Å². The first-order valence-electron chi connectivity index (χ1n) is 8.15. The molecular weight excluding hydrogens is 308 g/mol. The predicted octanol–water partition coefficient (Wildman–Crippen LogP) is 3.85. The van der Waals surface area contributed by atoms with Crippen molar-refractivity contribution in [2.45, 2.75) is 45.4 Å². The van der Waals surface area contributed by atoms with Gasteiger partial charge in [-0.3, -0.25) is 4.79 Å². The van der Waals surface area contributed by atoms with Crippen molar-refractivity contribution in [2.24, 2.45) is 0 Å². The van der Waals surface area contributed by atoms with E-state index in [0.717, 1.165) is 47.6 Å². The molecule has 120 valence electrons. The first-order chi connectivity index (χ1) is 11.2. The second kappa shape index (κ2) is 6.06. The van der Waals surface area contributed by atoms with Crippen molar-refractivity contribution in [3.05, 3.63) is 51.0 Å². The molecule has 1 aromatic heterocycles. The Bertz CT molecular complexity index is 740. The summed E-state index contributed by atoms with van der Waals surface area (Å²) in [7, 11) is 0. The third-order valence-corrected chi connectivity index (χ3v) is 5.72. The van der Waals surface area contributed by atoms with Gasteiger partial charge in [-0.1, -0.05) is 6.07 Å². The topological polar surface area (TPSA) is 42.4 Å². The summed E-state index contributed by atoms with van der Waals surface area (Å²) in [5, 5.41) is 3.14. The number of ether oxygens (including phenoxy) is 1. The molecule has 0 aliphatic carbocycles. The molecule has 0 bridgehead atoms. The lowest BCUT2D eigenvalue weighted by Gasteiger charge is -2.34. The van der Waals surface area contributed by atoms with E-state index in [-0.39, 0.29) is 11.9 Å². The van der Waals surface area contributed by atoms with E-state index in [1.807, 2.05) is 30.0 Å². The maximum absolute atomic E-state index is 13.1. The molecule has 2 aliphatic rings. The maximum Gasteiger partial charge on any atom is 0.254 e. The monoisotopic (exact) mass is 328 g/mol. The molecule has 23 heavy (non-hydrogen) atoms. The Labute approximate surface area is 140 Å². The van der Waals surface area contributed by atoms with Gasteiger partial charge in [0.1, 0.15) is 5.01 Å². The van der Waals surface area contributed by atoms with Crippen molar-refractivity contribution in [3.8, 4) is 0 Å². The summed E-state index contributed by atoms with van der Waals surface area (Å²) in [6.07, 6.45) is 3.23. The number of hydrogen-bond acceptors (Lipinski definition) is 4. The van der Waals surface area contributed by atoms with Crippen LogP contribution in [0.1, 0.15) is 57.5 Å². The number of nitrogens with zero attached hydrogens (tertiary/aromatic N) is 2. The molecular formula is C18H20N2O2S. The highest BCUT2D eigenvalue weighted by Gasteiger charge is 2.31. The number of hydrogen-bond donors (Lipinski definition) is 0. The zero-order valence-corrected chi connectivity index (χ0v) is 14.1. The molecule has 4 nitrogen and oxygen atoms in total. The number of aromatic nitrogens is 1. The minimum atomic E-state index is 0.122. The Balaban J connectivity index is 1.62. The smallest absolute Gasteiger partial charge is 0.254 e. The van der Waals surface area contributed by atoms with Crippen LogP contribution in [0.3, 0.4) is 0 Å². The summed E-state index contributed by atoms with van der Waals surface area (Å²) in [5.74, 6) is 0.122. The van der Waals surface area contributed by atoms with Crippen LogP contribution in [-0.4, -0.2) is 22.3 Å². The van der Waals surface area contributed by atoms with E-state index in [0.29, 0.717) is 13.2 Å². The minimum absolute atomic E-state index is 0.122. The summed E-state index contributed by atoms with van der Waals surface area (Å²) >= 11 is 1.67. The summed E-state index contributed by atoms with van der Waals surface area (Å²) in [5.41, 5.74) is 4.16. The SMILES string of the molecule is Cc1csc([C@H]2CCCCN2C(=O)c2ccc3c(c2)COC3)n1. The van der Waals surface area contributed by atoms with Gasteiger partial charge in [0.05, 0.1) is 19.3 Å². The predicted molar refractivity (Wildman–Crippen MR) is 89.4 cm³/mol. The van der Waals surface area contributed by atoms with E-state index in [1.165, 1.54) is 5.56 Å². The van der Waals surface area contributed by atoms with Crippen LogP contribution in [-0.2, 0) is 18.0 Å². The minimum Gasteiger partial charge on any atom is -0.372 e. The first-order valence-corrected chi connectivity index (χ1v) is 9.03. The van der Waals surface area contributed by atoms with Crippen molar-refractivity contribution in [2.75, 3.05) is 6.54 Å². The zero-order valence-electron chi connectivity index (χ0n) is 13.2. The molecule has 1 amide bonds. The third kappa shape index (κ3) is 2.79. The second-order valence-corrected chi connectivity index (χ2v) is 7.20. The van der Waals surface area contributed by atoms with Gasteiger partial charge in [0, 0.05) is 23.2 Å². The molecule has 1 atom stereocenters. The molecule has 5 heteroatoms. The molecule has 1 fully saturated rings. The average molecular weight is 328 g/mol. The molecule has 2 aliphatic heterocycles. The van der Waals surface area contributed by atoms with E-state index in [1.54, 1.807) is 11.3 Å². The third-order valence-electron chi connectivity index (χ3n) is 4.65. The highest BCUT2D eigenvalue weighted by atomic mass is 32.1. The Morgan fingerprint density at radius 3 is 3.00 bits per heavy atom. The lowest BCUT2D eigenvalue weighted by atomic mass is 10.00. The molecule has 2 aromatic rings. The Kier molecular flexibility index (Phi) is 3.91. The fraction of sp³-hybridized carbons (Fsp3) is 0.444. The Morgan fingerprint density at radius 1 is 1.30 bits per heavy atom. The van der Waals surface area contributed by atoms with Crippen molar-refractivity contribution >= 4 is 17.2 Å². The van der Waals surface area contributed by atoms with Gasteiger partial charge in [-0.2, -0.15) is 0 Å². The van der Waals surface area contributed by atoms with Crippen LogP contribution in [0.2, 0.25) is 0 Å². The Hall–Kier alpha value is -1.72. The Morgan fingerprint density at radius 2 is 2.17 bits per heavy atom. The van der Waals surface area contributed by atoms with Gasteiger partial charge in [0.2, 0.25) is 0 Å². The summed E-state index contributed by atoms with van der Waals surface area (Å²) in [6.45, 7) is 4.10. The number of benzene rings is 1. The summed E-state index contributed by atoms with van der Waals surface area (Å²) < 4.78 is 5.46. The molecule has 0 spiro atoms. The second-order valence-electron chi connectivity index (χ2n) is 6.31. The largest absolute Gasteiger partial charge is 0.372 e. The number of fused-ring (bicyclic) bond motifs is 1. The molecule has 1 aromatic carbocycles. The van der Waals surface area contributed by atoms with E-state index in [9.17, 15) is 4.79 Å². The standard InChI is InChI=1S/C18H20N2O2S/c1-12-11-23-17(19-12)16-4-2-3-7-20(16)18(21)13-5-6-14-9-22-10-15(14)8-13/h5-6,8,11,16H,2-4,7,9-10H2,1H3/t16-/m1/s1. The van der Waals surface area contributed by atoms with Crippen molar-refractivity contribution in [1.29, 1.82) is 0 Å². The highest BCUT2D eigenvalue weighted by molar-refractivity contribution is 7.09. The van der Waals surface area contributed by atoms with Gasteiger partial charge in [-0.05, 0) is 49.4 Å². The van der Waals surface area contributed by atoms with Crippen LogP contribution in [0.4, 0.5) is 0 Å². The average Bonchev–Trinajstić information content (AvgIpc) is 3.22. The maximum atomic E-state index is 13.1. The van der Waals surface area contributed by atoms with Crippen LogP contribution in [0.15, 0.2) is 23.6 Å². The quantitative estimate of drug-likeness (QED) is 0.841. The number of aryl methyl sites for hydroxylation is 1. The fourth-order valence-electron chi connectivity index (χ4n) is 3.43. The van der Waals surface area contributed by atoms with Crippen LogP contribution >= 0.6 is 11.3 Å². The van der Waals surface area contributed by atoms with Crippen LogP contribution < -0.4 is 0 Å². The number of piperidine rings is 1. The number of thiazole rings is 1. The van der Waals surface area contributed by atoms with Gasteiger partial charge < -0.3 is 9.64 Å². The number of carbonyl (C=O) groups is 1. The van der Waals surface area contributed by atoms with Gasteiger partial charge >= 0.3 is 0 Å². The lowest BCUT2D eigenvalue weighted by Crippen LogP contribution is -2.38. The van der Waals surface area contributed by atoms with Gasteiger partial charge in [0.15, 0.2) is 0 Å². The normalized spacial score (nSPS) is 20.6. The molecule has 1 saturated heterocycles. The van der Waals surface area contributed by atoms with Crippen LogP contribution in [0.5, 0.6) is 0 Å². The summed E-state index contributed by atoms with van der Waals surface area (Å²) in [4.78, 5) is 19.7. The first kappa shape index (κ1) is 14.8. The lowest BCUT2D eigenvalue weighted by molar-refractivity contribution is 0.0611. The van der Waals surface area contributed by atoms with Gasteiger partial charge in [0.25, 0.3) is 5.91 Å². The molecule has 4 rings (SSSR count). The van der Waals surface area contributed by atoms with Gasteiger partial charge in [-0.15, -0.1) is 11.3 Å². The highest BCUT2D eigenvalue weighted by Crippen LogP contribution is 2.34. The molecule has 0 unspecified atom stereocenters. The molecule has 0 saturated carbocycles. The number of rotatable bonds is 2. The molecule has 0 radical (unpaired) electrons. The molecule has 3 heterocycles.